The van der Waals surface area contributed by atoms with Crippen LogP contribution in [-0.4, -0.2) is 40.0 Å². The van der Waals surface area contributed by atoms with E-state index in [9.17, 15) is 9.18 Å². The number of aliphatic hydroxyl groups excluding tert-OH is 1. The lowest BCUT2D eigenvalue weighted by atomic mass is 10.1. The topological polar surface area (TPSA) is 98.5 Å². The second kappa shape index (κ2) is 9.95. The lowest BCUT2D eigenvalue weighted by molar-refractivity contribution is 0.0945. The van der Waals surface area contributed by atoms with Gasteiger partial charge in [0.25, 0.3) is 5.91 Å². The van der Waals surface area contributed by atoms with E-state index < -0.39 is 11.7 Å². The van der Waals surface area contributed by atoms with Crippen molar-refractivity contribution in [1.82, 2.24) is 20.1 Å². The van der Waals surface area contributed by atoms with Gasteiger partial charge in [0, 0.05) is 25.6 Å². The zero-order chi connectivity index (χ0) is 21.5. The van der Waals surface area contributed by atoms with Crippen LogP contribution in [0.2, 0.25) is 0 Å². The van der Waals surface area contributed by atoms with Crippen molar-refractivity contribution in [3.63, 3.8) is 0 Å². The highest BCUT2D eigenvalue weighted by atomic mass is 19.1. The van der Waals surface area contributed by atoms with Crippen LogP contribution in [0.5, 0.6) is 5.75 Å². The molecule has 30 heavy (non-hydrogen) atoms. The van der Waals surface area contributed by atoms with E-state index in [4.69, 9.17) is 14.6 Å². The number of hydrogen-bond donors (Lipinski definition) is 2. The van der Waals surface area contributed by atoms with Crippen LogP contribution in [0.15, 0.2) is 42.7 Å². The SMILES string of the molecule is COCc1nn(Cc2ccc(CO)cc2)cc1C(=O)NCc1nccc(OC)c1F. The summed E-state index contributed by atoms with van der Waals surface area (Å²) in [6, 6.07) is 8.85. The highest BCUT2D eigenvalue weighted by Crippen LogP contribution is 2.18. The van der Waals surface area contributed by atoms with Gasteiger partial charge in [-0.05, 0) is 11.1 Å². The Bertz CT molecular complexity index is 1000. The maximum absolute atomic E-state index is 14.2. The maximum atomic E-state index is 14.2. The van der Waals surface area contributed by atoms with Gasteiger partial charge >= 0.3 is 0 Å². The first-order valence-electron chi connectivity index (χ1n) is 9.25. The normalized spacial score (nSPS) is 10.8. The van der Waals surface area contributed by atoms with Crippen molar-refractivity contribution < 1.29 is 23.8 Å². The number of benzene rings is 1. The zero-order valence-corrected chi connectivity index (χ0v) is 16.8. The fourth-order valence-corrected chi connectivity index (χ4v) is 2.92. The van der Waals surface area contributed by atoms with Crippen molar-refractivity contribution in [3.8, 4) is 5.75 Å². The first kappa shape index (κ1) is 21.4. The van der Waals surface area contributed by atoms with Gasteiger partial charge < -0.3 is 19.9 Å². The molecule has 9 heteroatoms. The Balaban J connectivity index is 1.74. The molecule has 0 aliphatic rings. The molecule has 0 radical (unpaired) electrons. The van der Waals surface area contributed by atoms with Crippen LogP contribution in [-0.2, 0) is 31.0 Å². The minimum absolute atomic E-state index is 0.0207. The number of carbonyl (C=O) groups excluding carboxylic acids is 1. The summed E-state index contributed by atoms with van der Waals surface area (Å²) in [4.78, 5) is 16.7. The number of methoxy groups -OCH3 is 2. The van der Waals surface area contributed by atoms with E-state index in [0.29, 0.717) is 17.8 Å². The molecule has 3 rings (SSSR count). The molecule has 2 N–H and O–H groups in total. The lowest BCUT2D eigenvalue weighted by Gasteiger charge is -2.08. The Labute approximate surface area is 173 Å². The predicted octanol–water partition coefficient (Wildman–Crippen LogP) is 2.04. The van der Waals surface area contributed by atoms with Crippen LogP contribution in [0.3, 0.4) is 0 Å². The van der Waals surface area contributed by atoms with Crippen LogP contribution in [0, 0.1) is 5.82 Å². The summed E-state index contributed by atoms with van der Waals surface area (Å²) in [5, 5.41) is 16.2. The average molecular weight is 414 g/mol. The van der Waals surface area contributed by atoms with Gasteiger partial charge in [0.05, 0.1) is 44.7 Å². The molecule has 0 bridgehead atoms. The van der Waals surface area contributed by atoms with Gasteiger partial charge in [-0.3, -0.25) is 14.5 Å². The number of rotatable bonds is 9. The second-order valence-electron chi connectivity index (χ2n) is 6.55. The average Bonchev–Trinajstić information content (AvgIpc) is 3.16. The summed E-state index contributed by atoms with van der Waals surface area (Å²) in [6.07, 6.45) is 3.04. The largest absolute Gasteiger partial charge is 0.494 e. The maximum Gasteiger partial charge on any atom is 0.255 e. The molecule has 0 atom stereocenters. The number of hydrogen-bond acceptors (Lipinski definition) is 6. The Hall–Kier alpha value is -3.30. The number of aliphatic hydroxyl groups is 1. The first-order chi connectivity index (χ1) is 14.5. The Kier molecular flexibility index (Phi) is 7.10. The predicted molar refractivity (Wildman–Crippen MR) is 106 cm³/mol. The van der Waals surface area contributed by atoms with Gasteiger partial charge in [-0.25, -0.2) is 4.39 Å². The van der Waals surface area contributed by atoms with E-state index in [1.807, 2.05) is 24.3 Å². The van der Waals surface area contributed by atoms with Crippen molar-refractivity contribution in [2.24, 2.45) is 0 Å². The fraction of sp³-hybridized carbons (Fsp3) is 0.286. The van der Waals surface area contributed by atoms with Gasteiger partial charge in [0.1, 0.15) is 5.69 Å². The third-order valence-corrected chi connectivity index (χ3v) is 4.48. The molecule has 1 aromatic carbocycles. The summed E-state index contributed by atoms with van der Waals surface area (Å²) in [7, 11) is 2.88. The first-order valence-corrected chi connectivity index (χ1v) is 9.25. The second-order valence-corrected chi connectivity index (χ2v) is 6.55. The highest BCUT2D eigenvalue weighted by Gasteiger charge is 2.18. The Morgan fingerprint density at radius 3 is 2.57 bits per heavy atom. The van der Waals surface area contributed by atoms with Gasteiger partial charge in [-0.2, -0.15) is 5.10 Å². The van der Waals surface area contributed by atoms with Crippen LogP contribution in [0.25, 0.3) is 0 Å². The Morgan fingerprint density at radius 2 is 1.90 bits per heavy atom. The fourth-order valence-electron chi connectivity index (χ4n) is 2.92. The molecule has 2 aromatic heterocycles. The van der Waals surface area contributed by atoms with E-state index in [0.717, 1.165) is 11.1 Å². The zero-order valence-electron chi connectivity index (χ0n) is 16.8. The molecule has 0 aliphatic heterocycles. The molecule has 1 amide bonds. The van der Waals surface area contributed by atoms with Gasteiger partial charge in [-0.1, -0.05) is 24.3 Å². The molecule has 0 spiro atoms. The number of pyridine rings is 1. The molecule has 0 unspecified atom stereocenters. The highest BCUT2D eigenvalue weighted by molar-refractivity contribution is 5.95. The minimum Gasteiger partial charge on any atom is -0.494 e. The monoisotopic (exact) mass is 414 g/mol. The molecule has 8 nitrogen and oxygen atoms in total. The summed E-state index contributed by atoms with van der Waals surface area (Å²) in [6.45, 7) is 0.488. The number of nitrogens with zero attached hydrogens (tertiary/aromatic N) is 3. The van der Waals surface area contributed by atoms with Crippen molar-refractivity contribution in [3.05, 3.63) is 76.6 Å². The van der Waals surface area contributed by atoms with Crippen LogP contribution in [0.1, 0.15) is 32.9 Å². The third kappa shape index (κ3) is 5.00. The van der Waals surface area contributed by atoms with Crippen molar-refractivity contribution >= 4 is 5.91 Å². The number of nitrogens with one attached hydrogen (secondary N) is 1. The molecule has 0 aliphatic carbocycles. The van der Waals surface area contributed by atoms with Crippen LogP contribution >= 0.6 is 0 Å². The Morgan fingerprint density at radius 1 is 1.17 bits per heavy atom. The molecule has 0 fully saturated rings. The molecular weight excluding hydrogens is 391 g/mol. The standard InChI is InChI=1S/C21H23FN4O4/c1-29-13-18-16(11-26(25-18)10-14-3-5-15(12-27)6-4-14)21(28)24-9-17-20(22)19(30-2)7-8-23-17/h3-8,11,27H,9-10,12-13H2,1-2H3,(H,24,28). The smallest absolute Gasteiger partial charge is 0.255 e. The van der Waals surface area contributed by atoms with E-state index in [2.05, 4.69) is 15.4 Å². The number of carbonyl (C=O) groups is 1. The van der Waals surface area contributed by atoms with E-state index in [-0.39, 0.29) is 31.2 Å². The van der Waals surface area contributed by atoms with E-state index in [1.54, 1.807) is 10.9 Å². The molecule has 0 saturated heterocycles. The molecular formula is C21H23FN4O4. The number of aromatic nitrogens is 3. The van der Waals surface area contributed by atoms with Gasteiger partial charge in [0.15, 0.2) is 11.6 Å². The lowest BCUT2D eigenvalue weighted by Crippen LogP contribution is -2.24. The summed E-state index contributed by atoms with van der Waals surface area (Å²) < 4.78 is 26.0. The van der Waals surface area contributed by atoms with E-state index >= 15 is 0 Å². The summed E-state index contributed by atoms with van der Waals surface area (Å²) in [5.74, 6) is -0.957. The van der Waals surface area contributed by atoms with Crippen LogP contribution in [0.4, 0.5) is 4.39 Å². The van der Waals surface area contributed by atoms with E-state index in [1.165, 1.54) is 26.5 Å². The molecule has 158 valence electrons. The molecule has 2 heterocycles. The molecule has 3 aromatic rings. The number of halogens is 1. The van der Waals surface area contributed by atoms with Gasteiger partial charge in [0.2, 0.25) is 0 Å². The minimum atomic E-state index is -0.612. The quantitative estimate of drug-likeness (QED) is 0.556. The molecule has 0 saturated carbocycles. The third-order valence-electron chi connectivity index (χ3n) is 4.48. The van der Waals surface area contributed by atoms with Crippen molar-refractivity contribution in [2.75, 3.05) is 14.2 Å². The number of amides is 1. The van der Waals surface area contributed by atoms with Gasteiger partial charge in [-0.15, -0.1) is 0 Å². The van der Waals surface area contributed by atoms with Crippen LogP contribution < -0.4 is 10.1 Å². The summed E-state index contributed by atoms with van der Waals surface area (Å²) in [5.41, 5.74) is 2.67. The van der Waals surface area contributed by atoms with Crippen molar-refractivity contribution in [1.29, 1.82) is 0 Å². The van der Waals surface area contributed by atoms with Crippen molar-refractivity contribution in [2.45, 2.75) is 26.3 Å². The summed E-state index contributed by atoms with van der Waals surface area (Å²) >= 11 is 0. The number of ether oxygens (including phenoxy) is 2.